The lowest BCUT2D eigenvalue weighted by molar-refractivity contribution is 0.244. The SMILES string of the molecule is CCCCNC1=NC(NC(=O)Nc2ccc3c(c2)CC=NC3)NC(C)C1. The normalized spacial score (nSPS) is 21.5. The van der Waals surface area contributed by atoms with E-state index >= 15 is 0 Å². The van der Waals surface area contributed by atoms with Crippen molar-refractivity contribution < 1.29 is 4.79 Å². The molecule has 2 amide bonds. The lowest BCUT2D eigenvalue weighted by Crippen LogP contribution is -2.54. The molecule has 2 unspecified atom stereocenters. The second-order valence-electron chi connectivity index (χ2n) is 6.84. The molecule has 2 heterocycles. The molecule has 0 saturated carbocycles. The number of anilines is 1. The second-order valence-corrected chi connectivity index (χ2v) is 6.84. The first-order valence-corrected chi connectivity index (χ1v) is 9.38. The van der Waals surface area contributed by atoms with Crippen molar-refractivity contribution in [2.45, 2.75) is 58.4 Å². The zero-order chi connectivity index (χ0) is 18.4. The standard InChI is InChI=1S/C19H28N6O/c1-3-4-8-21-17-10-13(2)22-18(24-17)25-19(26)23-16-6-5-15-12-20-9-7-14(15)11-16/h5-6,9,11,13,18,22H,3-4,7-8,10,12H2,1-2H3,(H,21,24)(H2,23,25,26). The average Bonchev–Trinajstić information content (AvgIpc) is 2.61. The molecular formula is C19H28N6O. The highest BCUT2D eigenvalue weighted by molar-refractivity contribution is 5.90. The van der Waals surface area contributed by atoms with Crippen LogP contribution in [0.4, 0.5) is 10.5 Å². The summed E-state index contributed by atoms with van der Waals surface area (Å²) in [6.45, 7) is 5.89. The number of amidine groups is 1. The van der Waals surface area contributed by atoms with Gasteiger partial charge >= 0.3 is 6.03 Å². The van der Waals surface area contributed by atoms with Gasteiger partial charge in [0.1, 0.15) is 5.84 Å². The number of benzene rings is 1. The van der Waals surface area contributed by atoms with Gasteiger partial charge in [-0.2, -0.15) is 0 Å². The van der Waals surface area contributed by atoms with Crippen LogP contribution in [-0.2, 0) is 13.0 Å². The maximum Gasteiger partial charge on any atom is 0.321 e. The molecule has 3 rings (SSSR count). The van der Waals surface area contributed by atoms with E-state index in [0.717, 1.165) is 43.8 Å². The summed E-state index contributed by atoms with van der Waals surface area (Å²) in [6, 6.07) is 5.94. The first-order chi connectivity index (χ1) is 12.6. The fourth-order valence-corrected chi connectivity index (χ4v) is 3.13. The van der Waals surface area contributed by atoms with Crippen LogP contribution < -0.4 is 21.3 Å². The summed E-state index contributed by atoms with van der Waals surface area (Å²) in [4.78, 5) is 21.2. The molecule has 1 aromatic rings. The predicted octanol–water partition coefficient (Wildman–Crippen LogP) is 2.39. The van der Waals surface area contributed by atoms with Crippen LogP contribution in [0.5, 0.6) is 0 Å². The smallest absolute Gasteiger partial charge is 0.321 e. The fourth-order valence-electron chi connectivity index (χ4n) is 3.13. The molecule has 0 fully saturated rings. The number of amides is 2. The summed E-state index contributed by atoms with van der Waals surface area (Å²) in [6.07, 6.45) is 5.41. The monoisotopic (exact) mass is 356 g/mol. The van der Waals surface area contributed by atoms with Gasteiger partial charge in [-0.15, -0.1) is 0 Å². The highest BCUT2D eigenvalue weighted by atomic mass is 16.2. The number of carbonyl (C=O) groups excluding carboxylic acids is 1. The van der Waals surface area contributed by atoms with Crippen LogP contribution >= 0.6 is 0 Å². The number of urea groups is 1. The lowest BCUT2D eigenvalue weighted by Gasteiger charge is -2.28. The minimum Gasteiger partial charge on any atom is -0.374 e. The van der Waals surface area contributed by atoms with Gasteiger partial charge in [-0.1, -0.05) is 19.4 Å². The van der Waals surface area contributed by atoms with Gasteiger partial charge < -0.3 is 16.0 Å². The number of hydrogen-bond acceptors (Lipinski definition) is 5. The summed E-state index contributed by atoms with van der Waals surface area (Å²) in [7, 11) is 0. The van der Waals surface area contributed by atoms with Gasteiger partial charge in [0.25, 0.3) is 0 Å². The third-order valence-electron chi connectivity index (χ3n) is 4.52. The van der Waals surface area contributed by atoms with Gasteiger partial charge in [-0.25, -0.2) is 9.79 Å². The zero-order valence-electron chi connectivity index (χ0n) is 15.5. The first kappa shape index (κ1) is 18.4. The molecule has 26 heavy (non-hydrogen) atoms. The number of fused-ring (bicyclic) bond motifs is 1. The van der Waals surface area contributed by atoms with Crippen LogP contribution in [0.2, 0.25) is 0 Å². The summed E-state index contributed by atoms with van der Waals surface area (Å²) in [5.74, 6) is 0.947. The van der Waals surface area contributed by atoms with Crippen molar-refractivity contribution in [3.8, 4) is 0 Å². The van der Waals surface area contributed by atoms with Crippen molar-refractivity contribution in [1.82, 2.24) is 16.0 Å². The second kappa shape index (κ2) is 8.80. The molecule has 2 atom stereocenters. The molecule has 0 saturated heterocycles. The van der Waals surface area contributed by atoms with Crippen LogP contribution in [0.3, 0.4) is 0 Å². The number of aliphatic imine (C=N–C) groups is 2. The van der Waals surface area contributed by atoms with Crippen molar-refractivity contribution in [2.75, 3.05) is 11.9 Å². The van der Waals surface area contributed by atoms with Crippen molar-refractivity contribution in [3.63, 3.8) is 0 Å². The third kappa shape index (κ3) is 5.05. The van der Waals surface area contributed by atoms with Gasteiger partial charge in [0.2, 0.25) is 0 Å². The number of carbonyl (C=O) groups is 1. The molecule has 2 aliphatic heterocycles. The van der Waals surface area contributed by atoms with Crippen molar-refractivity contribution in [3.05, 3.63) is 29.3 Å². The molecule has 0 aromatic heterocycles. The minimum absolute atomic E-state index is 0.255. The van der Waals surface area contributed by atoms with E-state index in [2.05, 4.69) is 45.1 Å². The van der Waals surface area contributed by atoms with Gasteiger partial charge in [0.15, 0.2) is 6.29 Å². The van der Waals surface area contributed by atoms with Crippen LogP contribution in [0.1, 0.15) is 44.2 Å². The molecule has 7 heteroatoms. The number of rotatable bonds is 5. The minimum atomic E-state index is -0.423. The molecule has 0 aliphatic carbocycles. The summed E-state index contributed by atoms with van der Waals surface area (Å²) >= 11 is 0. The Morgan fingerprint density at radius 2 is 2.23 bits per heavy atom. The van der Waals surface area contributed by atoms with E-state index in [1.165, 1.54) is 11.1 Å². The van der Waals surface area contributed by atoms with Crippen LogP contribution in [-0.4, -0.2) is 37.0 Å². The molecule has 0 bridgehead atoms. The van der Waals surface area contributed by atoms with Crippen LogP contribution in [0.15, 0.2) is 28.2 Å². The number of nitrogens with one attached hydrogen (secondary N) is 4. The maximum absolute atomic E-state index is 12.3. The first-order valence-electron chi connectivity index (χ1n) is 9.38. The van der Waals surface area contributed by atoms with E-state index < -0.39 is 6.29 Å². The molecule has 4 N–H and O–H groups in total. The molecule has 2 aliphatic rings. The van der Waals surface area contributed by atoms with Crippen molar-refractivity contribution >= 4 is 23.8 Å². The molecule has 140 valence electrons. The topological polar surface area (TPSA) is 89.9 Å². The highest BCUT2D eigenvalue weighted by Gasteiger charge is 2.21. The summed E-state index contributed by atoms with van der Waals surface area (Å²) in [5, 5.41) is 12.4. The third-order valence-corrected chi connectivity index (χ3v) is 4.52. The summed E-state index contributed by atoms with van der Waals surface area (Å²) < 4.78 is 0. The van der Waals surface area contributed by atoms with Gasteiger partial charge in [-0.05, 0) is 36.6 Å². The zero-order valence-corrected chi connectivity index (χ0v) is 15.5. The van der Waals surface area contributed by atoms with Crippen molar-refractivity contribution in [2.24, 2.45) is 9.98 Å². The maximum atomic E-state index is 12.3. The Labute approximate surface area is 154 Å². The van der Waals surface area contributed by atoms with E-state index in [4.69, 9.17) is 0 Å². The Hall–Kier alpha value is -2.41. The number of nitrogens with zero attached hydrogens (tertiary/aromatic N) is 2. The molecule has 0 spiro atoms. The Morgan fingerprint density at radius 3 is 3.08 bits per heavy atom. The Balaban J connectivity index is 1.56. The lowest BCUT2D eigenvalue weighted by atomic mass is 10.0. The number of unbranched alkanes of at least 4 members (excludes halogenated alkanes) is 1. The Morgan fingerprint density at radius 1 is 1.35 bits per heavy atom. The molecule has 1 aromatic carbocycles. The van der Waals surface area contributed by atoms with E-state index in [0.29, 0.717) is 6.54 Å². The largest absolute Gasteiger partial charge is 0.374 e. The quantitative estimate of drug-likeness (QED) is 0.611. The Bertz CT molecular complexity index is 699. The average molecular weight is 356 g/mol. The predicted molar refractivity (Wildman–Crippen MR) is 106 cm³/mol. The van der Waals surface area contributed by atoms with Crippen molar-refractivity contribution in [1.29, 1.82) is 0 Å². The fraction of sp³-hybridized carbons (Fsp3) is 0.526. The van der Waals surface area contributed by atoms with E-state index in [-0.39, 0.29) is 12.1 Å². The van der Waals surface area contributed by atoms with Crippen LogP contribution in [0.25, 0.3) is 0 Å². The Kier molecular flexibility index (Phi) is 6.22. The van der Waals surface area contributed by atoms with E-state index in [1.807, 2.05) is 24.4 Å². The van der Waals surface area contributed by atoms with Gasteiger partial charge in [0, 0.05) is 37.3 Å². The van der Waals surface area contributed by atoms with Gasteiger partial charge in [0.05, 0.1) is 6.54 Å². The van der Waals surface area contributed by atoms with E-state index in [9.17, 15) is 4.79 Å². The van der Waals surface area contributed by atoms with E-state index in [1.54, 1.807) is 0 Å². The summed E-state index contributed by atoms with van der Waals surface area (Å²) in [5.41, 5.74) is 3.21. The number of hydrogen-bond donors (Lipinski definition) is 4. The van der Waals surface area contributed by atoms with Gasteiger partial charge in [-0.3, -0.25) is 10.3 Å². The molecular weight excluding hydrogens is 328 g/mol. The molecule has 0 radical (unpaired) electrons. The van der Waals surface area contributed by atoms with Crippen LogP contribution in [0, 0.1) is 0 Å². The molecule has 7 nitrogen and oxygen atoms in total. The highest BCUT2D eigenvalue weighted by Crippen LogP contribution is 2.19.